The minimum atomic E-state index is -4.91. The van der Waals surface area contributed by atoms with Gasteiger partial charge in [0.25, 0.3) is 0 Å². The van der Waals surface area contributed by atoms with Crippen molar-refractivity contribution in [1.82, 2.24) is 9.97 Å². The van der Waals surface area contributed by atoms with Crippen LogP contribution in [0, 0.1) is 0 Å². The Bertz CT molecular complexity index is 880. The summed E-state index contributed by atoms with van der Waals surface area (Å²) in [5, 5.41) is 2.99. The largest absolute Gasteiger partial charge is 0.416 e. The zero-order valence-corrected chi connectivity index (χ0v) is 12.3. The standard InChI is InChI=1S/C16H9F6N3/c17-15(18,19)9-5-10(16(20,21)22)7-11(6-9)25-14-12-3-1-2-4-13(12)23-8-24-14/h1-8H,(H,23,24,25). The maximum absolute atomic E-state index is 12.9. The number of nitrogens with zero attached hydrogens (tertiary/aromatic N) is 2. The van der Waals surface area contributed by atoms with E-state index in [1.807, 2.05) is 0 Å². The highest BCUT2D eigenvalue weighted by atomic mass is 19.4. The second-order valence-electron chi connectivity index (χ2n) is 5.16. The Kier molecular flexibility index (Phi) is 4.02. The lowest BCUT2D eigenvalue weighted by Crippen LogP contribution is -2.11. The van der Waals surface area contributed by atoms with E-state index in [-0.39, 0.29) is 17.6 Å². The quantitative estimate of drug-likeness (QED) is 0.623. The molecule has 3 nitrogen and oxygen atoms in total. The molecule has 0 saturated heterocycles. The van der Waals surface area contributed by atoms with Crippen LogP contribution in [0.3, 0.4) is 0 Å². The Balaban J connectivity index is 2.10. The van der Waals surface area contributed by atoms with Gasteiger partial charge in [-0.3, -0.25) is 0 Å². The van der Waals surface area contributed by atoms with Gasteiger partial charge in [-0.25, -0.2) is 9.97 Å². The number of para-hydroxylation sites is 1. The molecule has 3 aromatic rings. The van der Waals surface area contributed by atoms with Gasteiger partial charge in [-0.1, -0.05) is 12.1 Å². The van der Waals surface area contributed by atoms with Crippen molar-refractivity contribution >= 4 is 22.4 Å². The summed E-state index contributed by atoms with van der Waals surface area (Å²) in [6, 6.07) is 7.89. The molecule has 0 radical (unpaired) electrons. The SMILES string of the molecule is FC(F)(F)c1cc(Nc2ncnc3ccccc23)cc(C(F)(F)F)c1. The smallest absolute Gasteiger partial charge is 0.340 e. The summed E-state index contributed by atoms with van der Waals surface area (Å²) in [5.74, 6) is 0.109. The van der Waals surface area contributed by atoms with E-state index in [4.69, 9.17) is 0 Å². The van der Waals surface area contributed by atoms with Gasteiger partial charge in [0.05, 0.1) is 16.6 Å². The van der Waals surface area contributed by atoms with E-state index in [2.05, 4.69) is 15.3 Å². The number of hydrogen-bond donors (Lipinski definition) is 1. The van der Waals surface area contributed by atoms with Crippen LogP contribution in [-0.4, -0.2) is 9.97 Å². The number of fused-ring (bicyclic) bond motifs is 1. The van der Waals surface area contributed by atoms with E-state index in [9.17, 15) is 26.3 Å². The van der Waals surface area contributed by atoms with Crippen LogP contribution in [0.5, 0.6) is 0 Å². The summed E-state index contributed by atoms with van der Waals surface area (Å²) in [6.45, 7) is 0. The normalized spacial score (nSPS) is 12.4. The van der Waals surface area contributed by atoms with Crippen LogP contribution in [0.4, 0.5) is 37.8 Å². The van der Waals surface area contributed by atoms with Crippen molar-refractivity contribution in [2.24, 2.45) is 0 Å². The predicted molar refractivity (Wildman–Crippen MR) is 79.3 cm³/mol. The summed E-state index contributed by atoms with van der Waals surface area (Å²) in [5.41, 5.74) is -2.67. The molecule has 0 unspecified atom stereocenters. The first kappa shape index (κ1) is 17.0. The van der Waals surface area contributed by atoms with E-state index in [1.54, 1.807) is 24.3 Å². The van der Waals surface area contributed by atoms with Gasteiger partial charge in [0.2, 0.25) is 0 Å². The minimum absolute atomic E-state index is 0.0727. The molecule has 25 heavy (non-hydrogen) atoms. The maximum Gasteiger partial charge on any atom is 0.416 e. The molecule has 0 bridgehead atoms. The second kappa shape index (κ2) is 5.91. The Labute approximate surface area is 137 Å². The van der Waals surface area contributed by atoms with Crippen LogP contribution in [-0.2, 0) is 12.4 Å². The molecular weight excluding hydrogens is 348 g/mol. The maximum atomic E-state index is 12.9. The van der Waals surface area contributed by atoms with Gasteiger partial charge in [0.1, 0.15) is 12.1 Å². The topological polar surface area (TPSA) is 37.8 Å². The molecule has 0 aliphatic rings. The van der Waals surface area contributed by atoms with Crippen molar-refractivity contribution < 1.29 is 26.3 Å². The number of rotatable bonds is 2. The molecule has 9 heteroatoms. The zero-order chi connectivity index (χ0) is 18.2. The van der Waals surface area contributed by atoms with Crippen LogP contribution >= 0.6 is 0 Å². The third-order valence-electron chi connectivity index (χ3n) is 3.39. The highest BCUT2D eigenvalue weighted by molar-refractivity contribution is 5.90. The highest BCUT2D eigenvalue weighted by Crippen LogP contribution is 2.38. The molecule has 0 amide bonds. The van der Waals surface area contributed by atoms with Gasteiger partial charge in [-0.15, -0.1) is 0 Å². The van der Waals surface area contributed by atoms with Gasteiger partial charge >= 0.3 is 12.4 Å². The van der Waals surface area contributed by atoms with Crippen LogP contribution in [0.2, 0.25) is 0 Å². The number of anilines is 2. The van der Waals surface area contributed by atoms with E-state index in [0.29, 0.717) is 23.0 Å². The number of alkyl halides is 6. The van der Waals surface area contributed by atoms with Crippen LogP contribution in [0.15, 0.2) is 48.8 Å². The summed E-state index contributed by atoms with van der Waals surface area (Å²) in [6.07, 6.45) is -8.65. The van der Waals surface area contributed by atoms with Crippen molar-refractivity contribution in [2.75, 3.05) is 5.32 Å². The second-order valence-corrected chi connectivity index (χ2v) is 5.16. The fourth-order valence-corrected chi connectivity index (χ4v) is 2.27. The number of nitrogens with one attached hydrogen (secondary N) is 1. The van der Waals surface area contributed by atoms with Crippen molar-refractivity contribution in [3.63, 3.8) is 0 Å². The summed E-state index contributed by atoms with van der Waals surface area (Å²) in [4.78, 5) is 7.89. The molecule has 130 valence electrons. The van der Waals surface area contributed by atoms with Crippen LogP contribution in [0.25, 0.3) is 10.9 Å². The van der Waals surface area contributed by atoms with Crippen LogP contribution < -0.4 is 5.32 Å². The average Bonchev–Trinajstić information content (AvgIpc) is 2.53. The Hall–Kier alpha value is -2.84. The molecule has 1 N–H and O–H groups in total. The number of aromatic nitrogens is 2. The van der Waals surface area contributed by atoms with Gasteiger partial charge in [-0.2, -0.15) is 26.3 Å². The van der Waals surface area contributed by atoms with Gasteiger partial charge in [-0.05, 0) is 30.3 Å². The molecule has 3 rings (SSSR count). The molecule has 0 aliphatic carbocycles. The molecule has 0 spiro atoms. The number of hydrogen-bond acceptors (Lipinski definition) is 3. The molecule has 0 atom stereocenters. The Morgan fingerprint density at radius 2 is 1.36 bits per heavy atom. The van der Waals surface area contributed by atoms with Crippen LogP contribution in [0.1, 0.15) is 11.1 Å². The lowest BCUT2D eigenvalue weighted by Gasteiger charge is -2.15. The molecule has 2 aromatic carbocycles. The van der Waals surface area contributed by atoms with Crippen molar-refractivity contribution in [1.29, 1.82) is 0 Å². The number of benzene rings is 2. The molecular formula is C16H9F6N3. The summed E-state index contributed by atoms with van der Waals surface area (Å²) >= 11 is 0. The average molecular weight is 357 g/mol. The Morgan fingerprint density at radius 1 is 0.760 bits per heavy atom. The minimum Gasteiger partial charge on any atom is -0.340 e. The van der Waals surface area contributed by atoms with E-state index in [0.717, 1.165) is 0 Å². The zero-order valence-electron chi connectivity index (χ0n) is 12.3. The third-order valence-corrected chi connectivity index (χ3v) is 3.39. The van der Waals surface area contributed by atoms with Gasteiger partial charge < -0.3 is 5.32 Å². The lowest BCUT2D eigenvalue weighted by molar-refractivity contribution is -0.143. The predicted octanol–water partition coefficient (Wildman–Crippen LogP) is 5.41. The summed E-state index contributed by atoms with van der Waals surface area (Å²) in [7, 11) is 0. The first-order valence-corrected chi connectivity index (χ1v) is 6.91. The van der Waals surface area contributed by atoms with E-state index >= 15 is 0 Å². The first-order chi connectivity index (χ1) is 11.6. The fourth-order valence-electron chi connectivity index (χ4n) is 2.27. The third kappa shape index (κ3) is 3.65. The lowest BCUT2D eigenvalue weighted by atomic mass is 10.1. The van der Waals surface area contributed by atoms with Crippen molar-refractivity contribution in [2.45, 2.75) is 12.4 Å². The Morgan fingerprint density at radius 3 is 1.96 bits per heavy atom. The fraction of sp³-hybridized carbons (Fsp3) is 0.125. The molecule has 0 saturated carbocycles. The first-order valence-electron chi connectivity index (χ1n) is 6.91. The number of halogens is 6. The van der Waals surface area contributed by atoms with Gasteiger partial charge in [0.15, 0.2) is 0 Å². The highest BCUT2D eigenvalue weighted by Gasteiger charge is 2.37. The molecule has 1 aromatic heterocycles. The monoisotopic (exact) mass is 357 g/mol. The molecule has 0 fully saturated rings. The van der Waals surface area contributed by atoms with Gasteiger partial charge in [0, 0.05) is 11.1 Å². The van der Waals surface area contributed by atoms with E-state index in [1.165, 1.54) is 6.33 Å². The molecule has 1 heterocycles. The van der Waals surface area contributed by atoms with Crippen molar-refractivity contribution in [3.05, 3.63) is 59.9 Å². The molecule has 0 aliphatic heterocycles. The van der Waals surface area contributed by atoms with E-state index < -0.39 is 23.5 Å². The van der Waals surface area contributed by atoms with Crippen molar-refractivity contribution in [3.8, 4) is 0 Å². The summed E-state index contributed by atoms with van der Waals surface area (Å²) < 4.78 is 77.4.